The Morgan fingerprint density at radius 3 is 2.85 bits per heavy atom. The molecule has 4 aromatic rings. The second-order valence-electron chi connectivity index (χ2n) is 5.89. The zero-order valence-electron chi connectivity index (χ0n) is 14.0. The maximum Gasteiger partial charge on any atom is 0.290 e. The Morgan fingerprint density at radius 1 is 1.15 bits per heavy atom. The third-order valence-electron chi connectivity index (χ3n) is 4.16. The minimum absolute atomic E-state index is 0.301. The predicted octanol–water partition coefficient (Wildman–Crippen LogP) is 4.32. The molecule has 0 bridgehead atoms. The van der Waals surface area contributed by atoms with Crippen LogP contribution >= 0.6 is 15.9 Å². The first kappa shape index (κ1) is 16.5. The number of rotatable bonds is 3. The molecule has 0 fully saturated rings. The summed E-state index contributed by atoms with van der Waals surface area (Å²) < 4.78 is 2.62. The lowest BCUT2D eigenvalue weighted by Crippen LogP contribution is -2.20. The van der Waals surface area contributed by atoms with E-state index in [0.29, 0.717) is 17.0 Å². The molecule has 0 atom stereocenters. The number of aryl methyl sites for hydroxylation is 1. The molecular weight excluding hydrogens is 392 g/mol. The molecule has 0 radical (unpaired) electrons. The first-order chi connectivity index (χ1) is 12.6. The smallest absolute Gasteiger partial charge is 0.290 e. The Kier molecular flexibility index (Phi) is 4.26. The summed E-state index contributed by atoms with van der Waals surface area (Å²) in [4.78, 5) is 17.0. The molecule has 2 aromatic heterocycles. The number of carbonyl (C=O) groups is 1. The molecule has 0 aliphatic heterocycles. The van der Waals surface area contributed by atoms with Crippen LogP contribution in [0.25, 0.3) is 16.4 Å². The van der Waals surface area contributed by atoms with E-state index in [-0.39, 0.29) is 5.91 Å². The molecule has 0 spiro atoms. The Balaban J connectivity index is 1.62. The zero-order valence-corrected chi connectivity index (χ0v) is 15.6. The van der Waals surface area contributed by atoms with Gasteiger partial charge in [0.2, 0.25) is 0 Å². The molecule has 128 valence electrons. The Morgan fingerprint density at radius 2 is 1.96 bits per heavy atom. The second-order valence-corrected chi connectivity index (χ2v) is 6.80. The number of carbonyl (C=O) groups excluding carboxylic acids is 1. The van der Waals surface area contributed by atoms with Gasteiger partial charge in [-0.2, -0.15) is 5.10 Å². The standard InChI is InChI=1S/C20H15BrN4O/c1-13-19(25-12-16(21)9-10-18(25)23-13)20(26)24-22-11-15-7-4-6-14-5-2-3-8-17(14)15/h2-12H,1H3,(H,24,26)/b22-11-. The van der Waals surface area contributed by atoms with Crippen molar-refractivity contribution < 1.29 is 4.79 Å². The van der Waals surface area contributed by atoms with Crippen LogP contribution in [-0.4, -0.2) is 21.5 Å². The average molecular weight is 407 g/mol. The van der Waals surface area contributed by atoms with Crippen molar-refractivity contribution in [2.75, 3.05) is 0 Å². The van der Waals surface area contributed by atoms with Crippen LogP contribution in [0, 0.1) is 6.92 Å². The highest BCUT2D eigenvalue weighted by molar-refractivity contribution is 9.10. The van der Waals surface area contributed by atoms with Gasteiger partial charge in [0.1, 0.15) is 11.3 Å². The molecule has 0 unspecified atom stereocenters. The van der Waals surface area contributed by atoms with Gasteiger partial charge in [0.05, 0.1) is 11.9 Å². The second kappa shape index (κ2) is 6.72. The first-order valence-electron chi connectivity index (χ1n) is 8.09. The third kappa shape index (κ3) is 2.99. The number of fused-ring (bicyclic) bond motifs is 2. The fourth-order valence-corrected chi connectivity index (χ4v) is 3.32. The lowest BCUT2D eigenvalue weighted by molar-refractivity contribution is 0.0948. The Bertz CT molecular complexity index is 1160. The molecule has 0 saturated carbocycles. The van der Waals surface area contributed by atoms with Crippen molar-refractivity contribution in [3.63, 3.8) is 0 Å². The molecule has 1 amide bonds. The van der Waals surface area contributed by atoms with Gasteiger partial charge in [0.25, 0.3) is 5.91 Å². The van der Waals surface area contributed by atoms with E-state index in [1.807, 2.05) is 67.7 Å². The highest BCUT2D eigenvalue weighted by Crippen LogP contribution is 2.18. The van der Waals surface area contributed by atoms with E-state index >= 15 is 0 Å². The molecule has 26 heavy (non-hydrogen) atoms. The van der Waals surface area contributed by atoms with Crippen molar-refractivity contribution in [3.05, 3.63) is 82.2 Å². The number of halogens is 1. The summed E-state index contributed by atoms with van der Waals surface area (Å²) >= 11 is 3.42. The summed E-state index contributed by atoms with van der Waals surface area (Å²) in [6.45, 7) is 1.81. The molecule has 5 nitrogen and oxygen atoms in total. The number of nitrogens with one attached hydrogen (secondary N) is 1. The van der Waals surface area contributed by atoms with E-state index in [0.717, 1.165) is 20.8 Å². The van der Waals surface area contributed by atoms with Gasteiger partial charge in [-0.05, 0) is 45.8 Å². The van der Waals surface area contributed by atoms with Crippen molar-refractivity contribution in [2.45, 2.75) is 6.92 Å². The van der Waals surface area contributed by atoms with Gasteiger partial charge in [0.15, 0.2) is 0 Å². The topological polar surface area (TPSA) is 58.8 Å². The average Bonchev–Trinajstić information content (AvgIpc) is 2.97. The maximum atomic E-state index is 12.6. The van der Waals surface area contributed by atoms with Crippen LogP contribution < -0.4 is 5.43 Å². The van der Waals surface area contributed by atoms with Crippen LogP contribution in [0.15, 0.2) is 70.4 Å². The van der Waals surface area contributed by atoms with E-state index in [9.17, 15) is 4.79 Å². The van der Waals surface area contributed by atoms with Gasteiger partial charge in [0, 0.05) is 16.2 Å². The number of aromatic nitrogens is 2. The monoisotopic (exact) mass is 406 g/mol. The number of hydrazone groups is 1. The van der Waals surface area contributed by atoms with Gasteiger partial charge in [-0.1, -0.05) is 42.5 Å². The summed E-state index contributed by atoms with van der Waals surface area (Å²) in [7, 11) is 0. The van der Waals surface area contributed by atoms with E-state index in [4.69, 9.17) is 0 Å². The molecule has 0 aliphatic rings. The summed E-state index contributed by atoms with van der Waals surface area (Å²) in [5.41, 5.74) is 5.39. The Labute approximate surface area is 158 Å². The summed E-state index contributed by atoms with van der Waals surface area (Å²) in [6.07, 6.45) is 3.48. The van der Waals surface area contributed by atoms with Gasteiger partial charge in [-0.25, -0.2) is 10.4 Å². The Hall–Kier alpha value is -2.99. The zero-order chi connectivity index (χ0) is 18.1. The van der Waals surface area contributed by atoms with Crippen LogP contribution in [0.3, 0.4) is 0 Å². The number of amides is 1. The number of benzene rings is 2. The molecule has 6 heteroatoms. The van der Waals surface area contributed by atoms with E-state index in [2.05, 4.69) is 31.4 Å². The van der Waals surface area contributed by atoms with Crippen LogP contribution in [0.2, 0.25) is 0 Å². The summed E-state index contributed by atoms with van der Waals surface area (Å²) in [5.74, 6) is -0.301. The highest BCUT2D eigenvalue weighted by atomic mass is 79.9. The first-order valence-corrected chi connectivity index (χ1v) is 8.88. The fourth-order valence-electron chi connectivity index (χ4n) is 2.99. The van der Waals surface area contributed by atoms with Gasteiger partial charge in [-0.3, -0.25) is 9.20 Å². The van der Waals surface area contributed by atoms with Crippen molar-refractivity contribution in [1.29, 1.82) is 0 Å². The number of hydrogen-bond donors (Lipinski definition) is 1. The predicted molar refractivity (Wildman–Crippen MR) is 107 cm³/mol. The SMILES string of the molecule is Cc1nc2ccc(Br)cn2c1C(=O)N/N=C\c1cccc2ccccc12. The van der Waals surface area contributed by atoms with Crippen LogP contribution in [-0.2, 0) is 0 Å². The van der Waals surface area contributed by atoms with E-state index < -0.39 is 0 Å². The molecular formula is C20H15BrN4O. The maximum absolute atomic E-state index is 12.6. The molecule has 4 rings (SSSR count). The van der Waals surface area contributed by atoms with Gasteiger partial charge >= 0.3 is 0 Å². The van der Waals surface area contributed by atoms with Crippen molar-refractivity contribution in [1.82, 2.24) is 14.8 Å². The van der Waals surface area contributed by atoms with Crippen molar-refractivity contribution in [3.8, 4) is 0 Å². The van der Waals surface area contributed by atoms with E-state index in [1.165, 1.54) is 0 Å². The lowest BCUT2D eigenvalue weighted by atomic mass is 10.1. The van der Waals surface area contributed by atoms with Crippen LogP contribution in [0.1, 0.15) is 21.7 Å². The van der Waals surface area contributed by atoms with Gasteiger partial charge in [-0.15, -0.1) is 0 Å². The number of hydrogen-bond acceptors (Lipinski definition) is 3. The normalized spacial score (nSPS) is 11.5. The number of nitrogens with zero attached hydrogens (tertiary/aromatic N) is 3. The molecule has 1 N–H and O–H groups in total. The molecule has 0 aliphatic carbocycles. The lowest BCUT2D eigenvalue weighted by Gasteiger charge is -2.03. The fraction of sp³-hybridized carbons (Fsp3) is 0.0500. The highest BCUT2D eigenvalue weighted by Gasteiger charge is 2.16. The number of pyridine rings is 1. The van der Waals surface area contributed by atoms with E-state index in [1.54, 1.807) is 10.6 Å². The number of imidazole rings is 1. The van der Waals surface area contributed by atoms with Crippen molar-refractivity contribution in [2.24, 2.45) is 5.10 Å². The molecule has 2 heterocycles. The van der Waals surface area contributed by atoms with Crippen LogP contribution in [0.4, 0.5) is 0 Å². The van der Waals surface area contributed by atoms with Crippen molar-refractivity contribution >= 4 is 44.5 Å². The minimum Gasteiger partial charge on any atom is -0.294 e. The van der Waals surface area contributed by atoms with Gasteiger partial charge < -0.3 is 0 Å². The summed E-state index contributed by atoms with van der Waals surface area (Å²) in [5, 5.41) is 6.36. The summed E-state index contributed by atoms with van der Waals surface area (Å²) in [6, 6.07) is 17.8. The molecule has 0 saturated heterocycles. The largest absolute Gasteiger partial charge is 0.294 e. The third-order valence-corrected chi connectivity index (χ3v) is 4.63. The quantitative estimate of drug-likeness (QED) is 0.406. The molecule has 2 aromatic carbocycles. The minimum atomic E-state index is -0.301. The van der Waals surface area contributed by atoms with Crippen LogP contribution in [0.5, 0.6) is 0 Å².